The Labute approximate surface area is 110 Å². The van der Waals surface area contributed by atoms with Crippen LogP contribution < -0.4 is 10.6 Å². The van der Waals surface area contributed by atoms with Gasteiger partial charge in [0.05, 0.1) is 12.3 Å². The summed E-state index contributed by atoms with van der Waals surface area (Å²) in [6.45, 7) is 0.384. The molecule has 6 heteroatoms. The van der Waals surface area contributed by atoms with E-state index in [1.807, 2.05) is 36.5 Å². The molecule has 0 atom stereocenters. The van der Waals surface area contributed by atoms with Crippen molar-refractivity contribution >= 4 is 23.0 Å². The minimum atomic E-state index is -0.00174. The minimum absolute atomic E-state index is 0.00174. The van der Waals surface area contributed by atoms with Crippen molar-refractivity contribution in [1.82, 2.24) is 9.78 Å². The second-order valence-electron chi connectivity index (χ2n) is 3.68. The van der Waals surface area contributed by atoms with Crippen LogP contribution in [0.25, 0.3) is 5.69 Å². The van der Waals surface area contributed by atoms with E-state index in [0.29, 0.717) is 6.54 Å². The molecule has 0 aliphatic heterocycles. The summed E-state index contributed by atoms with van der Waals surface area (Å²) < 4.78 is 1.76. The molecule has 94 valence electrons. The van der Waals surface area contributed by atoms with Crippen molar-refractivity contribution in [3.8, 4) is 5.69 Å². The van der Waals surface area contributed by atoms with Gasteiger partial charge < -0.3 is 15.7 Å². The third-order valence-electron chi connectivity index (χ3n) is 2.52. The number of nitrogens with two attached hydrogens (primary N) is 1. The molecule has 2 rings (SSSR count). The Hall–Kier alpha value is -1.92. The zero-order valence-electron chi connectivity index (χ0n) is 9.73. The number of anilines is 1. The molecule has 0 unspecified atom stereocenters. The normalized spacial score (nSPS) is 10.3. The third-order valence-corrected chi connectivity index (χ3v) is 2.74. The Morgan fingerprint density at radius 2 is 2.11 bits per heavy atom. The van der Waals surface area contributed by atoms with Crippen LogP contribution in [0, 0.1) is 0 Å². The number of nitrogens with zero attached hydrogens (tertiary/aromatic N) is 3. The SMILES string of the molecule is NC(=S)N(CCO)c1ccc(-n2cccn2)cc1. The highest BCUT2D eigenvalue weighted by Crippen LogP contribution is 2.16. The maximum Gasteiger partial charge on any atom is 0.170 e. The molecular formula is C12H14N4OS. The number of benzene rings is 1. The first kappa shape index (κ1) is 12.5. The maximum absolute atomic E-state index is 8.98. The fraction of sp³-hybridized carbons (Fsp3) is 0.167. The molecule has 0 radical (unpaired) electrons. The van der Waals surface area contributed by atoms with Gasteiger partial charge in [0.2, 0.25) is 0 Å². The van der Waals surface area contributed by atoms with Crippen LogP contribution in [0.4, 0.5) is 5.69 Å². The van der Waals surface area contributed by atoms with Crippen LogP contribution in [0.3, 0.4) is 0 Å². The molecule has 0 bridgehead atoms. The molecular weight excluding hydrogens is 248 g/mol. The summed E-state index contributed by atoms with van der Waals surface area (Å²) in [7, 11) is 0. The van der Waals surface area contributed by atoms with Crippen molar-refractivity contribution in [3.63, 3.8) is 0 Å². The van der Waals surface area contributed by atoms with E-state index in [-0.39, 0.29) is 11.7 Å². The Morgan fingerprint density at radius 3 is 2.61 bits per heavy atom. The summed E-state index contributed by atoms with van der Waals surface area (Å²) in [4.78, 5) is 1.68. The van der Waals surface area contributed by atoms with E-state index in [2.05, 4.69) is 5.10 Å². The summed E-state index contributed by atoms with van der Waals surface area (Å²) in [6, 6.07) is 9.49. The molecule has 0 aliphatic carbocycles. The molecule has 18 heavy (non-hydrogen) atoms. The van der Waals surface area contributed by atoms with Crippen LogP contribution in [0.15, 0.2) is 42.7 Å². The summed E-state index contributed by atoms with van der Waals surface area (Å²) in [5.74, 6) is 0. The minimum Gasteiger partial charge on any atom is -0.395 e. The van der Waals surface area contributed by atoms with Gasteiger partial charge in [-0.3, -0.25) is 0 Å². The van der Waals surface area contributed by atoms with Gasteiger partial charge in [0.25, 0.3) is 0 Å². The smallest absolute Gasteiger partial charge is 0.170 e. The molecule has 1 heterocycles. The Balaban J connectivity index is 2.23. The van der Waals surface area contributed by atoms with Crippen LogP contribution in [-0.4, -0.2) is 33.2 Å². The summed E-state index contributed by atoms with van der Waals surface area (Å²) in [5.41, 5.74) is 7.42. The standard InChI is InChI=1S/C12H14N4OS/c13-12(18)15(8-9-17)10-2-4-11(5-3-10)16-7-1-6-14-16/h1-7,17H,8-9H2,(H2,13,18). The highest BCUT2D eigenvalue weighted by molar-refractivity contribution is 7.80. The van der Waals surface area contributed by atoms with Gasteiger partial charge in [-0.15, -0.1) is 0 Å². The van der Waals surface area contributed by atoms with Crippen molar-refractivity contribution in [2.75, 3.05) is 18.1 Å². The Kier molecular flexibility index (Phi) is 3.91. The fourth-order valence-corrected chi connectivity index (χ4v) is 1.87. The molecule has 1 aromatic carbocycles. The average Bonchev–Trinajstić information content (AvgIpc) is 2.90. The molecule has 0 amide bonds. The number of aliphatic hydroxyl groups is 1. The van der Waals surface area contributed by atoms with Gasteiger partial charge in [0.1, 0.15) is 0 Å². The first-order valence-electron chi connectivity index (χ1n) is 5.50. The monoisotopic (exact) mass is 262 g/mol. The Morgan fingerprint density at radius 1 is 1.39 bits per heavy atom. The Bertz CT molecular complexity index is 509. The van der Waals surface area contributed by atoms with Crippen LogP contribution in [0.1, 0.15) is 0 Å². The highest BCUT2D eigenvalue weighted by atomic mass is 32.1. The highest BCUT2D eigenvalue weighted by Gasteiger charge is 2.08. The molecule has 3 N–H and O–H groups in total. The molecule has 0 aliphatic rings. The average molecular weight is 262 g/mol. The molecule has 2 aromatic rings. The molecule has 0 spiro atoms. The summed E-state index contributed by atoms with van der Waals surface area (Å²) in [6.07, 6.45) is 3.59. The molecule has 0 fully saturated rings. The van der Waals surface area contributed by atoms with Gasteiger partial charge in [-0.25, -0.2) is 4.68 Å². The van der Waals surface area contributed by atoms with E-state index >= 15 is 0 Å². The van der Waals surface area contributed by atoms with Crippen molar-refractivity contribution in [3.05, 3.63) is 42.7 Å². The quantitative estimate of drug-likeness (QED) is 0.802. The zero-order valence-corrected chi connectivity index (χ0v) is 10.5. The lowest BCUT2D eigenvalue weighted by atomic mass is 10.2. The fourth-order valence-electron chi connectivity index (χ4n) is 1.67. The lowest BCUT2D eigenvalue weighted by Gasteiger charge is -2.21. The van der Waals surface area contributed by atoms with E-state index < -0.39 is 0 Å². The van der Waals surface area contributed by atoms with E-state index in [1.165, 1.54) is 0 Å². The van der Waals surface area contributed by atoms with Gasteiger partial charge in [-0.1, -0.05) is 0 Å². The third kappa shape index (κ3) is 2.66. The molecule has 0 saturated carbocycles. The number of aliphatic hydroxyl groups excluding tert-OH is 1. The van der Waals surface area contributed by atoms with Crippen molar-refractivity contribution in [2.24, 2.45) is 5.73 Å². The predicted molar refractivity (Wildman–Crippen MR) is 74.8 cm³/mol. The van der Waals surface area contributed by atoms with E-state index in [0.717, 1.165) is 11.4 Å². The van der Waals surface area contributed by atoms with Gasteiger partial charge in [0, 0.05) is 24.6 Å². The lowest BCUT2D eigenvalue weighted by molar-refractivity contribution is 0.306. The molecule has 5 nitrogen and oxygen atoms in total. The van der Waals surface area contributed by atoms with Gasteiger partial charge in [-0.05, 0) is 42.5 Å². The summed E-state index contributed by atoms with van der Waals surface area (Å²) in [5, 5.41) is 13.4. The van der Waals surface area contributed by atoms with E-state index in [1.54, 1.807) is 15.8 Å². The van der Waals surface area contributed by atoms with Crippen LogP contribution in [-0.2, 0) is 0 Å². The first-order chi connectivity index (χ1) is 8.72. The zero-order chi connectivity index (χ0) is 13.0. The second-order valence-corrected chi connectivity index (χ2v) is 4.10. The lowest BCUT2D eigenvalue weighted by Crippen LogP contribution is -2.37. The number of thiocarbonyl (C=S) groups is 1. The van der Waals surface area contributed by atoms with Crippen molar-refractivity contribution in [1.29, 1.82) is 0 Å². The largest absolute Gasteiger partial charge is 0.395 e. The van der Waals surface area contributed by atoms with Crippen molar-refractivity contribution < 1.29 is 5.11 Å². The second kappa shape index (κ2) is 5.61. The number of hydrogen-bond donors (Lipinski definition) is 2. The first-order valence-corrected chi connectivity index (χ1v) is 5.91. The van der Waals surface area contributed by atoms with Gasteiger partial charge in [-0.2, -0.15) is 5.10 Å². The van der Waals surface area contributed by atoms with Crippen molar-refractivity contribution in [2.45, 2.75) is 0 Å². The van der Waals surface area contributed by atoms with E-state index in [9.17, 15) is 0 Å². The molecule has 0 saturated heterocycles. The predicted octanol–water partition coefficient (Wildman–Crippen LogP) is 0.915. The van der Waals surface area contributed by atoms with Crippen LogP contribution >= 0.6 is 12.2 Å². The maximum atomic E-state index is 8.98. The van der Waals surface area contributed by atoms with Crippen LogP contribution in [0.2, 0.25) is 0 Å². The van der Waals surface area contributed by atoms with E-state index in [4.69, 9.17) is 23.1 Å². The summed E-state index contributed by atoms with van der Waals surface area (Å²) >= 11 is 4.95. The molecule has 1 aromatic heterocycles. The number of hydrogen-bond acceptors (Lipinski definition) is 3. The number of aromatic nitrogens is 2. The van der Waals surface area contributed by atoms with Gasteiger partial charge in [0.15, 0.2) is 5.11 Å². The number of rotatable bonds is 4. The van der Waals surface area contributed by atoms with Gasteiger partial charge >= 0.3 is 0 Å². The topological polar surface area (TPSA) is 67.3 Å². The van der Waals surface area contributed by atoms with Crippen LogP contribution in [0.5, 0.6) is 0 Å².